The van der Waals surface area contributed by atoms with Crippen molar-refractivity contribution in [1.29, 1.82) is 0 Å². The van der Waals surface area contributed by atoms with Crippen molar-refractivity contribution in [3.05, 3.63) is 0 Å². The molecule has 0 rings (SSSR count). The maximum Gasteiger partial charge on any atom is 0.104 e. The first-order valence-electron chi connectivity index (χ1n) is 20.8. The molecule has 0 bridgehead atoms. The zero-order valence-electron chi connectivity index (χ0n) is 33.8. The summed E-state index contributed by atoms with van der Waals surface area (Å²) in [6.07, 6.45) is 24.7. The van der Waals surface area contributed by atoms with Gasteiger partial charge in [0, 0.05) is 13.2 Å². The van der Waals surface area contributed by atoms with Crippen molar-refractivity contribution in [2.45, 2.75) is 209 Å². The van der Waals surface area contributed by atoms with E-state index < -0.39 is 5.60 Å². The summed E-state index contributed by atoms with van der Waals surface area (Å²) in [6, 6.07) is 0. The summed E-state index contributed by atoms with van der Waals surface area (Å²) in [5, 5.41) is 20.7. The van der Waals surface area contributed by atoms with Gasteiger partial charge in [0.25, 0.3) is 0 Å². The first-order chi connectivity index (χ1) is 22.2. The number of aliphatic hydroxyl groups is 2. The van der Waals surface area contributed by atoms with E-state index in [4.69, 9.17) is 9.47 Å². The topological polar surface area (TPSA) is 58.9 Å². The van der Waals surface area contributed by atoms with Crippen LogP contribution in [0.1, 0.15) is 198 Å². The Morgan fingerprint density at radius 1 is 0.468 bits per heavy atom. The van der Waals surface area contributed by atoms with Crippen LogP contribution in [0.2, 0.25) is 0 Å². The van der Waals surface area contributed by atoms with E-state index in [-0.39, 0.29) is 12.7 Å². The molecule has 2 N–H and O–H groups in total. The maximum absolute atomic E-state index is 10.9. The van der Waals surface area contributed by atoms with Crippen LogP contribution in [0.3, 0.4) is 0 Å². The summed E-state index contributed by atoms with van der Waals surface area (Å²) >= 11 is 0. The Morgan fingerprint density at radius 2 is 0.830 bits per heavy atom. The fourth-order valence-electron chi connectivity index (χ4n) is 6.97. The lowest BCUT2D eigenvalue weighted by Crippen LogP contribution is -2.30. The molecule has 0 aliphatic rings. The van der Waals surface area contributed by atoms with Gasteiger partial charge in [-0.15, -0.1) is 0 Å². The number of aliphatic hydroxyl groups excluding tert-OH is 1. The zero-order chi connectivity index (χ0) is 35.5. The second-order valence-corrected chi connectivity index (χ2v) is 17.6. The highest BCUT2D eigenvalue weighted by Crippen LogP contribution is 2.25. The van der Waals surface area contributed by atoms with Crippen LogP contribution in [0.5, 0.6) is 0 Å². The van der Waals surface area contributed by atoms with Crippen LogP contribution in [-0.4, -0.2) is 48.3 Å². The quantitative estimate of drug-likeness (QED) is 0.0670. The molecule has 0 unspecified atom stereocenters. The van der Waals surface area contributed by atoms with Crippen molar-refractivity contribution in [2.24, 2.45) is 41.4 Å². The van der Waals surface area contributed by atoms with Gasteiger partial charge >= 0.3 is 0 Å². The van der Waals surface area contributed by atoms with Gasteiger partial charge in [-0.2, -0.15) is 0 Å². The van der Waals surface area contributed by atoms with E-state index in [1.165, 1.54) is 103 Å². The van der Waals surface area contributed by atoms with Crippen LogP contribution in [0.15, 0.2) is 0 Å². The molecule has 4 heteroatoms. The second-order valence-electron chi connectivity index (χ2n) is 17.6. The molecule has 0 heterocycles. The molecule has 0 aliphatic heterocycles. The van der Waals surface area contributed by atoms with Gasteiger partial charge < -0.3 is 19.7 Å². The molecular formula is C43H88O4. The molecule has 0 saturated carbocycles. The van der Waals surface area contributed by atoms with Crippen LogP contribution in [-0.2, 0) is 9.47 Å². The molecule has 0 spiro atoms. The summed E-state index contributed by atoms with van der Waals surface area (Å²) in [6.45, 7) is 24.8. The van der Waals surface area contributed by atoms with Gasteiger partial charge in [0.1, 0.15) is 6.10 Å². The summed E-state index contributed by atoms with van der Waals surface area (Å²) in [7, 11) is 0. The summed E-state index contributed by atoms with van der Waals surface area (Å²) in [4.78, 5) is 0. The molecular weight excluding hydrogens is 580 g/mol. The first-order valence-corrected chi connectivity index (χ1v) is 20.8. The van der Waals surface area contributed by atoms with E-state index in [1.54, 1.807) is 0 Å². The van der Waals surface area contributed by atoms with Crippen LogP contribution in [0.25, 0.3) is 0 Å². The number of hydrogen-bond donors (Lipinski definition) is 2. The Labute approximate surface area is 296 Å². The molecule has 284 valence electrons. The molecule has 0 aliphatic carbocycles. The molecule has 7 atom stereocenters. The summed E-state index contributed by atoms with van der Waals surface area (Å²) in [5.74, 6) is 5.62. The number of ether oxygens (including phenoxy) is 2. The van der Waals surface area contributed by atoms with E-state index >= 15 is 0 Å². The highest BCUT2D eigenvalue weighted by molar-refractivity contribution is 4.73. The van der Waals surface area contributed by atoms with Crippen LogP contribution in [0.4, 0.5) is 0 Å². The van der Waals surface area contributed by atoms with Gasteiger partial charge in [0.05, 0.1) is 18.8 Å². The van der Waals surface area contributed by atoms with Crippen LogP contribution >= 0.6 is 0 Å². The Bertz CT molecular complexity index is 662. The Balaban J connectivity index is 3.89. The van der Waals surface area contributed by atoms with E-state index in [2.05, 4.69) is 62.3 Å². The van der Waals surface area contributed by atoms with E-state index in [9.17, 15) is 10.2 Å². The lowest BCUT2D eigenvalue weighted by atomic mass is 9.89. The van der Waals surface area contributed by atoms with Crippen LogP contribution < -0.4 is 0 Å². The first kappa shape index (κ1) is 46.8. The van der Waals surface area contributed by atoms with Crippen molar-refractivity contribution in [2.75, 3.05) is 26.4 Å². The van der Waals surface area contributed by atoms with Crippen molar-refractivity contribution in [3.8, 4) is 0 Å². The van der Waals surface area contributed by atoms with Gasteiger partial charge in [-0.1, -0.05) is 171 Å². The maximum atomic E-state index is 10.9. The van der Waals surface area contributed by atoms with Gasteiger partial charge in [-0.3, -0.25) is 0 Å². The van der Waals surface area contributed by atoms with E-state index in [0.717, 1.165) is 61.4 Å². The Hall–Kier alpha value is -0.160. The third kappa shape index (κ3) is 31.6. The minimum Gasteiger partial charge on any atom is -0.394 e. The SMILES string of the molecule is CC(C)CCC[C@@H](C)CCC[C@@H](C)CCC[C@](C)(O)CCO[C@@H](CO)COCC[C@@H](C)CCC[C@@H](C)CCC[C@@H](C)CCCC(C)C. The molecule has 0 radical (unpaired) electrons. The largest absolute Gasteiger partial charge is 0.394 e. The van der Waals surface area contributed by atoms with Crippen molar-refractivity contribution >= 4 is 0 Å². The van der Waals surface area contributed by atoms with Gasteiger partial charge in [-0.25, -0.2) is 0 Å². The predicted molar refractivity (Wildman–Crippen MR) is 206 cm³/mol. The van der Waals surface area contributed by atoms with Gasteiger partial charge in [0.15, 0.2) is 0 Å². The molecule has 0 amide bonds. The normalized spacial score (nSPS) is 17.5. The highest BCUT2D eigenvalue weighted by Gasteiger charge is 2.21. The Kier molecular flexibility index (Phi) is 29.5. The third-order valence-corrected chi connectivity index (χ3v) is 10.8. The van der Waals surface area contributed by atoms with E-state index in [0.29, 0.717) is 25.6 Å². The molecule has 47 heavy (non-hydrogen) atoms. The fourth-order valence-corrected chi connectivity index (χ4v) is 6.97. The van der Waals surface area contributed by atoms with E-state index in [1.807, 2.05) is 6.92 Å². The average Bonchev–Trinajstić information content (AvgIpc) is 2.97. The minimum absolute atomic E-state index is 0.0415. The standard InChI is InChI=1S/C43H88O4/c1-35(2)17-11-19-37(5)21-13-23-39(7)24-15-26-41(9)28-31-46-34-42(33-44)47-32-30-43(10,45)29-16-27-40(8)25-14-22-38(6)20-12-18-36(3)4/h35-42,44-45H,11-34H2,1-10H3/t37-,38+,39-,40+,41-,42-,43-/m0/s1. The van der Waals surface area contributed by atoms with Gasteiger partial charge in [0.2, 0.25) is 0 Å². The van der Waals surface area contributed by atoms with Crippen molar-refractivity contribution in [3.63, 3.8) is 0 Å². The molecule has 4 nitrogen and oxygen atoms in total. The third-order valence-electron chi connectivity index (χ3n) is 10.8. The van der Waals surface area contributed by atoms with Crippen molar-refractivity contribution in [1.82, 2.24) is 0 Å². The number of rotatable bonds is 34. The average molecular weight is 669 g/mol. The van der Waals surface area contributed by atoms with Crippen molar-refractivity contribution < 1.29 is 19.7 Å². The Morgan fingerprint density at radius 3 is 1.21 bits per heavy atom. The lowest BCUT2D eigenvalue weighted by Gasteiger charge is -2.25. The summed E-state index contributed by atoms with van der Waals surface area (Å²) in [5.41, 5.74) is -0.718. The van der Waals surface area contributed by atoms with Gasteiger partial charge in [-0.05, 0) is 67.6 Å². The second kappa shape index (κ2) is 29.6. The molecule has 0 aromatic heterocycles. The minimum atomic E-state index is -0.718. The molecule has 0 saturated heterocycles. The highest BCUT2D eigenvalue weighted by atomic mass is 16.5. The smallest absolute Gasteiger partial charge is 0.104 e. The fraction of sp³-hybridized carbons (Fsp3) is 1.00. The molecule has 0 fully saturated rings. The molecule has 0 aromatic rings. The zero-order valence-corrected chi connectivity index (χ0v) is 33.8. The monoisotopic (exact) mass is 669 g/mol. The predicted octanol–water partition coefficient (Wildman–Crippen LogP) is 12.4. The summed E-state index contributed by atoms with van der Waals surface area (Å²) < 4.78 is 11.8. The lowest BCUT2D eigenvalue weighted by molar-refractivity contribution is -0.0644. The van der Waals surface area contributed by atoms with Crippen LogP contribution in [0, 0.1) is 41.4 Å². The number of hydrogen-bond acceptors (Lipinski definition) is 4. The molecule has 0 aromatic carbocycles.